The number of nitrogens with one attached hydrogen (secondary N) is 2. The molecule has 9 heteroatoms. The smallest absolute Gasteiger partial charge is 0.407 e. The molecule has 2 aliphatic heterocycles. The fourth-order valence-electron chi connectivity index (χ4n) is 5.55. The van der Waals surface area contributed by atoms with Crippen molar-refractivity contribution in [2.75, 3.05) is 32.7 Å². The number of carbonyl (C=O) groups excluding carboxylic acids is 4. The fraction of sp³-hybridized carbons (Fsp3) is 0.484. The van der Waals surface area contributed by atoms with E-state index in [2.05, 4.69) is 15.5 Å². The Morgan fingerprint density at radius 3 is 2.35 bits per heavy atom. The minimum absolute atomic E-state index is 0.0366. The molecule has 214 valence electrons. The lowest BCUT2D eigenvalue weighted by atomic mass is 9.81. The first kappa shape index (κ1) is 29.3. The number of nitrogens with zero attached hydrogens (tertiary/aromatic N) is 2. The van der Waals surface area contributed by atoms with Crippen LogP contribution in [0.2, 0.25) is 0 Å². The summed E-state index contributed by atoms with van der Waals surface area (Å²) in [6.45, 7) is 4.65. The van der Waals surface area contributed by atoms with Crippen LogP contribution in [0.3, 0.4) is 0 Å². The van der Waals surface area contributed by atoms with Crippen molar-refractivity contribution in [1.82, 2.24) is 20.4 Å². The Morgan fingerprint density at radius 2 is 1.68 bits per heavy atom. The second-order valence-electron chi connectivity index (χ2n) is 10.6. The topological polar surface area (TPSA) is 108 Å². The van der Waals surface area contributed by atoms with E-state index >= 15 is 0 Å². The highest BCUT2D eigenvalue weighted by atomic mass is 16.5. The monoisotopic (exact) mass is 548 g/mol. The Morgan fingerprint density at radius 1 is 1.00 bits per heavy atom. The van der Waals surface area contributed by atoms with E-state index in [1.54, 1.807) is 4.90 Å². The zero-order valence-corrected chi connectivity index (χ0v) is 23.3. The maximum Gasteiger partial charge on any atom is 0.407 e. The molecule has 1 atom stereocenters. The van der Waals surface area contributed by atoms with Gasteiger partial charge in [-0.2, -0.15) is 0 Å². The van der Waals surface area contributed by atoms with Gasteiger partial charge in [0.05, 0.1) is 6.54 Å². The first-order chi connectivity index (χ1) is 19.4. The Balaban J connectivity index is 1.23. The van der Waals surface area contributed by atoms with E-state index in [-0.39, 0.29) is 24.2 Å². The fourth-order valence-corrected chi connectivity index (χ4v) is 5.55. The van der Waals surface area contributed by atoms with E-state index in [1.807, 2.05) is 67.6 Å². The van der Waals surface area contributed by atoms with Crippen LogP contribution in [0.4, 0.5) is 4.79 Å². The quantitative estimate of drug-likeness (QED) is 0.310. The molecular weight excluding hydrogens is 508 g/mol. The van der Waals surface area contributed by atoms with Crippen LogP contribution in [0, 0.1) is 0 Å². The molecule has 3 amide bonds. The molecule has 0 aliphatic carbocycles. The Kier molecular flexibility index (Phi) is 10.3. The van der Waals surface area contributed by atoms with Gasteiger partial charge in [-0.15, -0.1) is 0 Å². The number of likely N-dealkylation sites (tertiary alicyclic amines) is 1. The van der Waals surface area contributed by atoms with E-state index in [1.165, 1.54) is 0 Å². The van der Waals surface area contributed by atoms with E-state index in [9.17, 15) is 19.2 Å². The van der Waals surface area contributed by atoms with Crippen molar-refractivity contribution < 1.29 is 23.9 Å². The van der Waals surface area contributed by atoms with Gasteiger partial charge in [0.25, 0.3) is 0 Å². The Labute approximate surface area is 236 Å². The standard InChI is InChI=1S/C31H40N4O5/c1-2-19-35-28(37)26(15-9-10-18-32-30(39)40-23-24-11-5-3-6-12-24)33-29(38)31(35)16-20-34(21-17-31)22-27(36)25-13-7-4-8-14-25/h3-8,11-14,26H,2,9-10,15-23H2,1H3,(H,32,39)(H,33,38)/t26-/m0/s1. The van der Waals surface area contributed by atoms with Crippen molar-refractivity contribution >= 4 is 23.7 Å². The zero-order valence-electron chi connectivity index (χ0n) is 23.3. The predicted octanol–water partition coefficient (Wildman–Crippen LogP) is 3.54. The molecule has 9 nitrogen and oxygen atoms in total. The number of benzene rings is 2. The number of ether oxygens (including phenoxy) is 1. The van der Waals surface area contributed by atoms with Gasteiger partial charge in [0.1, 0.15) is 18.2 Å². The number of hydrogen-bond donors (Lipinski definition) is 2. The van der Waals surface area contributed by atoms with Crippen LogP contribution in [0.25, 0.3) is 0 Å². The van der Waals surface area contributed by atoms with Crippen molar-refractivity contribution in [3.8, 4) is 0 Å². The molecule has 0 unspecified atom stereocenters. The van der Waals surface area contributed by atoms with Crippen LogP contribution in [-0.4, -0.2) is 77.8 Å². The van der Waals surface area contributed by atoms with Gasteiger partial charge in [0.15, 0.2) is 5.78 Å². The van der Waals surface area contributed by atoms with Crippen molar-refractivity contribution in [2.45, 2.75) is 63.6 Å². The number of ketones is 1. The molecule has 4 rings (SSSR count). The SMILES string of the molecule is CCCN1C(=O)[C@H](CCCCNC(=O)OCc2ccccc2)NC(=O)C12CCN(CC(=O)c1ccccc1)CC2. The van der Waals surface area contributed by atoms with Gasteiger partial charge >= 0.3 is 6.09 Å². The lowest BCUT2D eigenvalue weighted by Gasteiger charge is -2.51. The van der Waals surface area contributed by atoms with Gasteiger partial charge in [-0.1, -0.05) is 67.6 Å². The number of Topliss-reactive ketones (excluding diaryl/α,β-unsaturated/α-hetero) is 1. The van der Waals surface area contributed by atoms with Crippen molar-refractivity contribution in [3.63, 3.8) is 0 Å². The summed E-state index contributed by atoms with van der Waals surface area (Å²) >= 11 is 0. The predicted molar refractivity (Wildman–Crippen MR) is 152 cm³/mol. The number of alkyl carbamates (subject to hydrolysis) is 1. The van der Waals surface area contributed by atoms with E-state index in [0.717, 1.165) is 12.0 Å². The molecule has 0 saturated carbocycles. The average Bonchev–Trinajstić information content (AvgIpc) is 2.98. The molecule has 0 radical (unpaired) electrons. The summed E-state index contributed by atoms with van der Waals surface area (Å²) < 4.78 is 5.22. The maximum absolute atomic E-state index is 13.5. The molecule has 2 saturated heterocycles. The van der Waals surface area contributed by atoms with Crippen LogP contribution in [0.15, 0.2) is 60.7 Å². The van der Waals surface area contributed by atoms with Gasteiger partial charge in [-0.25, -0.2) is 4.79 Å². The summed E-state index contributed by atoms with van der Waals surface area (Å²) in [7, 11) is 0. The molecule has 40 heavy (non-hydrogen) atoms. The molecule has 0 aromatic heterocycles. The molecule has 2 aliphatic rings. The maximum atomic E-state index is 13.5. The van der Waals surface area contributed by atoms with Crippen LogP contribution < -0.4 is 10.6 Å². The number of piperazine rings is 1. The second kappa shape index (κ2) is 14.1. The molecule has 2 fully saturated rings. The molecular formula is C31H40N4O5. The molecule has 2 aromatic carbocycles. The van der Waals surface area contributed by atoms with Crippen molar-refractivity contribution in [2.24, 2.45) is 0 Å². The third-order valence-corrected chi connectivity index (χ3v) is 7.80. The van der Waals surface area contributed by atoms with Gasteiger partial charge < -0.3 is 20.3 Å². The van der Waals surface area contributed by atoms with E-state index in [4.69, 9.17) is 4.74 Å². The highest BCUT2D eigenvalue weighted by Gasteiger charge is 2.53. The summed E-state index contributed by atoms with van der Waals surface area (Å²) in [5, 5.41) is 5.75. The Hall–Kier alpha value is -3.72. The van der Waals surface area contributed by atoms with E-state index in [0.29, 0.717) is 70.4 Å². The summed E-state index contributed by atoms with van der Waals surface area (Å²) in [6.07, 6.45) is 3.17. The van der Waals surface area contributed by atoms with Gasteiger partial charge in [0.2, 0.25) is 11.8 Å². The van der Waals surface area contributed by atoms with Gasteiger partial charge in [0, 0.05) is 31.7 Å². The van der Waals surface area contributed by atoms with Crippen LogP contribution in [-0.2, 0) is 20.9 Å². The van der Waals surface area contributed by atoms with Crippen LogP contribution >= 0.6 is 0 Å². The highest BCUT2D eigenvalue weighted by molar-refractivity contribution is 6.00. The third-order valence-electron chi connectivity index (χ3n) is 7.80. The first-order valence-electron chi connectivity index (χ1n) is 14.3. The summed E-state index contributed by atoms with van der Waals surface area (Å²) in [5.41, 5.74) is 0.744. The lowest BCUT2D eigenvalue weighted by molar-refractivity contribution is -0.161. The highest BCUT2D eigenvalue weighted by Crippen LogP contribution is 2.34. The summed E-state index contributed by atoms with van der Waals surface area (Å²) in [6, 6.07) is 18.1. The largest absolute Gasteiger partial charge is 0.445 e. The van der Waals surface area contributed by atoms with Crippen LogP contribution in [0.5, 0.6) is 0 Å². The molecule has 2 N–H and O–H groups in total. The number of carbonyl (C=O) groups is 4. The second-order valence-corrected chi connectivity index (χ2v) is 10.6. The minimum Gasteiger partial charge on any atom is -0.445 e. The Bertz CT molecular complexity index is 1150. The molecule has 2 aromatic rings. The lowest BCUT2D eigenvalue weighted by Crippen LogP contribution is -2.73. The molecule has 1 spiro atoms. The number of rotatable bonds is 12. The molecule has 2 heterocycles. The van der Waals surface area contributed by atoms with Crippen molar-refractivity contribution in [3.05, 3.63) is 71.8 Å². The number of amides is 3. The number of hydrogen-bond acceptors (Lipinski definition) is 6. The number of unbranched alkanes of at least 4 members (excludes halogenated alkanes) is 1. The van der Waals surface area contributed by atoms with Crippen LogP contribution in [0.1, 0.15) is 61.4 Å². The molecule has 0 bridgehead atoms. The number of piperidine rings is 1. The van der Waals surface area contributed by atoms with Gasteiger partial charge in [-0.3, -0.25) is 19.3 Å². The van der Waals surface area contributed by atoms with Crippen molar-refractivity contribution in [1.29, 1.82) is 0 Å². The normalized spacial score (nSPS) is 18.8. The van der Waals surface area contributed by atoms with Gasteiger partial charge in [-0.05, 0) is 44.1 Å². The third kappa shape index (κ3) is 7.27. The van der Waals surface area contributed by atoms with E-state index < -0.39 is 17.7 Å². The first-order valence-corrected chi connectivity index (χ1v) is 14.3. The minimum atomic E-state index is -0.861. The summed E-state index contributed by atoms with van der Waals surface area (Å²) in [4.78, 5) is 55.5. The average molecular weight is 549 g/mol. The summed E-state index contributed by atoms with van der Waals surface area (Å²) in [5.74, 6) is -0.0714. The zero-order chi connectivity index (χ0) is 28.4.